The number of hydrogen-bond acceptors (Lipinski definition) is 4. The first-order valence-corrected chi connectivity index (χ1v) is 5.28. The van der Waals surface area contributed by atoms with Crippen LogP contribution in [0.5, 0.6) is 0 Å². The molecule has 0 amide bonds. The molecule has 0 bridgehead atoms. The fraction of sp³-hybridized carbons (Fsp3) is 1.00. The number of rotatable bonds is 9. The average molecular weight is 202 g/mol. The van der Waals surface area contributed by atoms with E-state index >= 15 is 0 Å². The summed E-state index contributed by atoms with van der Waals surface area (Å²) >= 11 is 0. The van der Waals surface area contributed by atoms with Crippen LogP contribution in [0, 0.1) is 10.8 Å². The van der Waals surface area contributed by atoms with Crippen LogP contribution < -0.4 is 5.32 Å². The Morgan fingerprint density at radius 3 is 2.71 bits per heavy atom. The molecule has 0 spiro atoms. The van der Waals surface area contributed by atoms with Crippen molar-refractivity contribution in [3.63, 3.8) is 0 Å². The maximum absolute atomic E-state index is 9.78. The van der Waals surface area contributed by atoms with Crippen LogP contribution in [0.2, 0.25) is 0 Å². The van der Waals surface area contributed by atoms with Crippen LogP contribution in [0.25, 0.3) is 0 Å². The quantitative estimate of drug-likeness (QED) is 0.458. The average Bonchev–Trinajstić information content (AvgIpc) is 2.21. The summed E-state index contributed by atoms with van der Waals surface area (Å²) in [5.74, 6) is 0.527. The van der Waals surface area contributed by atoms with E-state index in [9.17, 15) is 4.91 Å². The molecule has 0 aliphatic heterocycles. The molecule has 2 unspecified atom stereocenters. The van der Waals surface area contributed by atoms with E-state index in [1.807, 2.05) is 7.05 Å². The molecule has 0 aliphatic carbocycles. The SMILES string of the molecule is CCC(CC(C)COCCN=O)NC. The Morgan fingerprint density at radius 1 is 1.50 bits per heavy atom. The van der Waals surface area contributed by atoms with Gasteiger partial charge in [0.2, 0.25) is 0 Å². The first kappa shape index (κ1) is 13.5. The van der Waals surface area contributed by atoms with Gasteiger partial charge in [-0.2, -0.15) is 4.91 Å². The fourth-order valence-electron chi connectivity index (χ4n) is 1.43. The van der Waals surface area contributed by atoms with E-state index in [0.29, 0.717) is 25.2 Å². The minimum absolute atomic E-state index is 0.260. The topological polar surface area (TPSA) is 50.7 Å². The lowest BCUT2D eigenvalue weighted by Crippen LogP contribution is -2.27. The predicted octanol–water partition coefficient (Wildman–Crippen LogP) is 1.79. The second kappa shape index (κ2) is 9.09. The van der Waals surface area contributed by atoms with Gasteiger partial charge in [0.1, 0.15) is 6.54 Å². The van der Waals surface area contributed by atoms with Gasteiger partial charge in [-0.05, 0) is 25.8 Å². The minimum atomic E-state index is 0.260. The van der Waals surface area contributed by atoms with Gasteiger partial charge in [0.15, 0.2) is 0 Å². The van der Waals surface area contributed by atoms with Crippen molar-refractivity contribution in [2.45, 2.75) is 32.7 Å². The molecule has 0 saturated carbocycles. The van der Waals surface area contributed by atoms with Gasteiger partial charge in [0, 0.05) is 12.6 Å². The summed E-state index contributed by atoms with van der Waals surface area (Å²) in [6.45, 7) is 5.76. The van der Waals surface area contributed by atoms with Gasteiger partial charge in [-0.15, -0.1) is 0 Å². The molecule has 0 aliphatic rings. The summed E-state index contributed by atoms with van der Waals surface area (Å²) in [5.41, 5.74) is 0. The third-order valence-corrected chi connectivity index (χ3v) is 2.32. The Bertz CT molecular complexity index is 138. The van der Waals surface area contributed by atoms with Crippen LogP contribution in [-0.4, -0.2) is 32.8 Å². The zero-order chi connectivity index (χ0) is 10.8. The number of nitroso groups, excluding NO2 is 1. The van der Waals surface area contributed by atoms with Gasteiger partial charge in [0.05, 0.1) is 6.61 Å². The zero-order valence-corrected chi connectivity index (χ0v) is 9.45. The molecule has 0 rings (SSSR count). The Balaban J connectivity index is 3.43. The van der Waals surface area contributed by atoms with Crippen molar-refractivity contribution < 1.29 is 4.74 Å². The molecule has 14 heavy (non-hydrogen) atoms. The summed E-state index contributed by atoms with van der Waals surface area (Å²) < 4.78 is 5.30. The van der Waals surface area contributed by atoms with Crippen molar-refractivity contribution in [2.24, 2.45) is 11.1 Å². The highest BCUT2D eigenvalue weighted by Crippen LogP contribution is 2.08. The molecule has 0 aromatic carbocycles. The molecule has 4 heteroatoms. The summed E-state index contributed by atoms with van der Waals surface area (Å²) in [6.07, 6.45) is 2.25. The van der Waals surface area contributed by atoms with Crippen LogP contribution in [0.1, 0.15) is 26.7 Å². The van der Waals surface area contributed by atoms with Gasteiger partial charge < -0.3 is 10.1 Å². The maximum atomic E-state index is 9.78. The van der Waals surface area contributed by atoms with Gasteiger partial charge in [0.25, 0.3) is 0 Å². The first-order valence-electron chi connectivity index (χ1n) is 5.28. The molecule has 0 radical (unpaired) electrons. The van der Waals surface area contributed by atoms with E-state index in [1.54, 1.807) is 0 Å². The van der Waals surface area contributed by atoms with Crippen molar-refractivity contribution in [1.29, 1.82) is 0 Å². The van der Waals surface area contributed by atoms with Gasteiger partial charge in [-0.1, -0.05) is 19.0 Å². The van der Waals surface area contributed by atoms with Gasteiger partial charge >= 0.3 is 0 Å². The maximum Gasteiger partial charge on any atom is 0.104 e. The minimum Gasteiger partial charge on any atom is -0.379 e. The Kier molecular flexibility index (Phi) is 8.78. The predicted molar refractivity (Wildman–Crippen MR) is 58.4 cm³/mol. The van der Waals surface area contributed by atoms with Crippen LogP contribution in [0.3, 0.4) is 0 Å². The van der Waals surface area contributed by atoms with Crippen molar-refractivity contribution in [3.05, 3.63) is 4.91 Å². The lowest BCUT2D eigenvalue weighted by atomic mass is 10.0. The van der Waals surface area contributed by atoms with Gasteiger partial charge in [-0.3, -0.25) is 0 Å². The largest absolute Gasteiger partial charge is 0.379 e. The molecule has 4 nitrogen and oxygen atoms in total. The molecule has 0 aromatic heterocycles. The smallest absolute Gasteiger partial charge is 0.104 e. The molecule has 0 saturated heterocycles. The van der Waals surface area contributed by atoms with Crippen molar-refractivity contribution in [1.82, 2.24) is 5.32 Å². The highest BCUT2D eigenvalue weighted by molar-refractivity contribution is 4.66. The number of nitrogens with one attached hydrogen (secondary N) is 1. The summed E-state index contributed by atoms with van der Waals surface area (Å²) in [6, 6.07) is 0.567. The summed E-state index contributed by atoms with van der Waals surface area (Å²) in [4.78, 5) is 9.78. The van der Waals surface area contributed by atoms with Gasteiger partial charge in [-0.25, -0.2) is 0 Å². The lowest BCUT2D eigenvalue weighted by Gasteiger charge is -2.18. The molecular weight excluding hydrogens is 180 g/mol. The Morgan fingerprint density at radius 2 is 2.21 bits per heavy atom. The molecule has 0 heterocycles. The Labute approximate surface area is 86.4 Å². The van der Waals surface area contributed by atoms with Crippen molar-refractivity contribution in [3.8, 4) is 0 Å². The summed E-state index contributed by atoms with van der Waals surface area (Å²) in [7, 11) is 1.98. The monoisotopic (exact) mass is 202 g/mol. The molecule has 0 aromatic rings. The zero-order valence-electron chi connectivity index (χ0n) is 9.45. The standard InChI is InChI=1S/C10H22N2O2/c1-4-10(11-3)7-9(2)8-14-6-5-12-13/h9-11H,4-8H2,1-3H3. The number of ether oxygens (including phenoxy) is 1. The van der Waals surface area contributed by atoms with Crippen LogP contribution in [-0.2, 0) is 4.74 Å². The molecule has 1 N–H and O–H groups in total. The van der Waals surface area contributed by atoms with E-state index in [0.717, 1.165) is 12.8 Å². The third-order valence-electron chi connectivity index (χ3n) is 2.32. The highest BCUT2D eigenvalue weighted by Gasteiger charge is 2.09. The fourth-order valence-corrected chi connectivity index (χ4v) is 1.43. The van der Waals surface area contributed by atoms with E-state index < -0.39 is 0 Å². The second-order valence-electron chi connectivity index (χ2n) is 3.66. The second-order valence-corrected chi connectivity index (χ2v) is 3.66. The lowest BCUT2D eigenvalue weighted by molar-refractivity contribution is 0.104. The molecule has 0 fully saturated rings. The van der Waals surface area contributed by atoms with Crippen LogP contribution in [0.15, 0.2) is 5.18 Å². The first-order chi connectivity index (χ1) is 6.74. The molecule has 84 valence electrons. The van der Waals surface area contributed by atoms with Crippen molar-refractivity contribution in [2.75, 3.05) is 26.8 Å². The molecule has 2 atom stereocenters. The Hall–Kier alpha value is -0.480. The van der Waals surface area contributed by atoms with Crippen molar-refractivity contribution >= 4 is 0 Å². The normalized spacial score (nSPS) is 15.1. The van der Waals surface area contributed by atoms with E-state index in [-0.39, 0.29) is 6.54 Å². The number of hydrogen-bond donors (Lipinski definition) is 1. The third kappa shape index (κ3) is 6.97. The van der Waals surface area contributed by atoms with E-state index in [1.165, 1.54) is 0 Å². The van der Waals surface area contributed by atoms with E-state index in [2.05, 4.69) is 24.3 Å². The van der Waals surface area contributed by atoms with Crippen LogP contribution >= 0.6 is 0 Å². The summed E-state index contributed by atoms with van der Waals surface area (Å²) in [5, 5.41) is 6.00. The number of nitrogens with zero attached hydrogens (tertiary/aromatic N) is 1. The van der Waals surface area contributed by atoms with Crippen LogP contribution in [0.4, 0.5) is 0 Å². The van der Waals surface area contributed by atoms with E-state index in [4.69, 9.17) is 4.74 Å². The highest BCUT2D eigenvalue weighted by atomic mass is 16.5. The molecular formula is C10H22N2O2.